The van der Waals surface area contributed by atoms with Crippen LogP contribution in [0.4, 0.5) is 0 Å². The number of nitrogens with zero attached hydrogens (tertiary/aromatic N) is 2. The second-order valence-corrected chi connectivity index (χ2v) is 5.02. The predicted octanol–water partition coefficient (Wildman–Crippen LogP) is 2.51. The third-order valence-corrected chi connectivity index (χ3v) is 3.67. The van der Waals surface area contributed by atoms with Gasteiger partial charge in [0.05, 0.1) is 12.6 Å². The average Bonchev–Trinajstić information content (AvgIpc) is 2.91. The Morgan fingerprint density at radius 1 is 1.27 bits per heavy atom. The summed E-state index contributed by atoms with van der Waals surface area (Å²) in [6.45, 7) is 0.472. The lowest BCUT2D eigenvalue weighted by atomic mass is 10.2. The van der Waals surface area contributed by atoms with Crippen molar-refractivity contribution < 1.29 is 9.53 Å². The van der Waals surface area contributed by atoms with Gasteiger partial charge in [0, 0.05) is 31.4 Å². The van der Waals surface area contributed by atoms with Crippen molar-refractivity contribution in [2.24, 2.45) is 7.05 Å². The molecule has 112 valence electrons. The lowest BCUT2D eigenvalue weighted by Crippen LogP contribution is -2.24. The molecule has 5 nitrogen and oxygen atoms in total. The Morgan fingerprint density at radius 2 is 2.05 bits per heavy atom. The Hall–Kier alpha value is -2.82. The molecule has 0 radical (unpaired) electrons. The minimum absolute atomic E-state index is 0.113. The summed E-state index contributed by atoms with van der Waals surface area (Å²) in [6, 6.07) is 11.4. The first-order chi connectivity index (χ1) is 10.7. The van der Waals surface area contributed by atoms with Gasteiger partial charge in [-0.05, 0) is 29.8 Å². The maximum atomic E-state index is 12.4. The van der Waals surface area contributed by atoms with Crippen LogP contribution in [0.2, 0.25) is 0 Å². The van der Waals surface area contributed by atoms with Crippen LogP contribution in [0.1, 0.15) is 16.1 Å². The first-order valence-corrected chi connectivity index (χ1v) is 7.00. The molecule has 2 aromatic heterocycles. The first kappa shape index (κ1) is 14.1. The molecule has 2 heterocycles. The number of hydrogen-bond acceptors (Lipinski definition) is 3. The number of hydrogen-bond donors (Lipinski definition) is 1. The topological polar surface area (TPSA) is 56.1 Å². The molecule has 0 unspecified atom stereocenters. The van der Waals surface area contributed by atoms with Gasteiger partial charge in [-0.1, -0.05) is 12.1 Å². The van der Waals surface area contributed by atoms with Crippen molar-refractivity contribution >= 4 is 16.8 Å². The van der Waals surface area contributed by atoms with Crippen molar-refractivity contribution in [2.45, 2.75) is 6.54 Å². The fraction of sp³-hybridized carbons (Fsp3) is 0.176. The molecule has 0 saturated carbocycles. The van der Waals surface area contributed by atoms with E-state index in [2.05, 4.69) is 10.3 Å². The van der Waals surface area contributed by atoms with Crippen molar-refractivity contribution in [1.29, 1.82) is 0 Å². The molecule has 0 saturated heterocycles. The van der Waals surface area contributed by atoms with E-state index in [0.29, 0.717) is 12.2 Å². The van der Waals surface area contributed by atoms with Crippen molar-refractivity contribution in [3.63, 3.8) is 0 Å². The lowest BCUT2D eigenvalue weighted by molar-refractivity contribution is 0.0943. The number of fused-ring (bicyclic) bond motifs is 1. The Kier molecular flexibility index (Phi) is 3.78. The van der Waals surface area contributed by atoms with Gasteiger partial charge in [-0.3, -0.25) is 9.78 Å². The SMILES string of the molecule is COc1cccc2cc(C(=O)NCc3ccncc3)n(C)c12. The van der Waals surface area contributed by atoms with E-state index < -0.39 is 0 Å². The Labute approximate surface area is 128 Å². The van der Waals surface area contributed by atoms with E-state index in [9.17, 15) is 4.79 Å². The summed E-state index contributed by atoms with van der Waals surface area (Å²) in [4.78, 5) is 16.4. The summed E-state index contributed by atoms with van der Waals surface area (Å²) < 4.78 is 7.23. The van der Waals surface area contributed by atoms with Crippen LogP contribution in [-0.4, -0.2) is 22.6 Å². The summed E-state index contributed by atoms with van der Waals surface area (Å²) in [6.07, 6.45) is 3.42. The molecule has 0 fully saturated rings. The Bertz CT molecular complexity index is 809. The highest BCUT2D eigenvalue weighted by Crippen LogP contribution is 2.27. The molecular weight excluding hydrogens is 278 g/mol. The van der Waals surface area contributed by atoms with Crippen LogP contribution in [0.25, 0.3) is 10.9 Å². The number of methoxy groups -OCH3 is 1. The van der Waals surface area contributed by atoms with E-state index in [-0.39, 0.29) is 5.91 Å². The van der Waals surface area contributed by atoms with Gasteiger partial charge < -0.3 is 14.6 Å². The van der Waals surface area contributed by atoms with Crippen LogP contribution in [0, 0.1) is 0 Å². The summed E-state index contributed by atoms with van der Waals surface area (Å²) in [5.41, 5.74) is 2.53. The van der Waals surface area contributed by atoms with Gasteiger partial charge in [-0.2, -0.15) is 0 Å². The molecular formula is C17H17N3O2. The van der Waals surface area contributed by atoms with Gasteiger partial charge in [0.15, 0.2) is 0 Å². The highest BCUT2D eigenvalue weighted by Gasteiger charge is 2.15. The number of carbonyl (C=O) groups excluding carboxylic acids is 1. The average molecular weight is 295 g/mol. The van der Waals surface area contributed by atoms with Gasteiger partial charge in [0.1, 0.15) is 11.4 Å². The minimum Gasteiger partial charge on any atom is -0.495 e. The Morgan fingerprint density at radius 3 is 2.77 bits per heavy atom. The first-order valence-electron chi connectivity index (χ1n) is 7.00. The molecule has 0 aliphatic carbocycles. The van der Waals surface area contributed by atoms with Crippen LogP contribution in [0.5, 0.6) is 5.75 Å². The highest BCUT2D eigenvalue weighted by molar-refractivity contribution is 6.00. The number of nitrogens with one attached hydrogen (secondary N) is 1. The second kappa shape index (κ2) is 5.89. The van der Waals surface area contributed by atoms with Crippen molar-refractivity contribution in [2.75, 3.05) is 7.11 Å². The summed E-state index contributed by atoms with van der Waals surface area (Å²) in [5, 5.41) is 3.91. The molecule has 1 amide bonds. The van der Waals surface area contributed by atoms with Crippen molar-refractivity contribution in [1.82, 2.24) is 14.9 Å². The molecule has 3 aromatic rings. The van der Waals surface area contributed by atoms with Crippen LogP contribution < -0.4 is 10.1 Å². The zero-order chi connectivity index (χ0) is 15.5. The van der Waals surface area contributed by atoms with Crippen molar-refractivity contribution in [3.05, 3.63) is 60.0 Å². The fourth-order valence-electron chi connectivity index (χ4n) is 2.54. The van der Waals surface area contributed by atoms with Crippen LogP contribution in [-0.2, 0) is 13.6 Å². The maximum Gasteiger partial charge on any atom is 0.268 e. The van der Waals surface area contributed by atoms with Crippen molar-refractivity contribution in [3.8, 4) is 5.75 Å². The molecule has 0 aliphatic heterocycles. The van der Waals surface area contributed by atoms with Gasteiger partial charge >= 0.3 is 0 Å². The molecule has 3 rings (SSSR count). The molecule has 0 aliphatic rings. The lowest BCUT2D eigenvalue weighted by Gasteiger charge is -2.08. The van der Waals surface area contributed by atoms with E-state index in [1.807, 2.05) is 48.0 Å². The van der Waals surface area contributed by atoms with Gasteiger partial charge in [0.25, 0.3) is 5.91 Å². The van der Waals surface area contributed by atoms with Gasteiger partial charge in [-0.15, -0.1) is 0 Å². The molecule has 5 heteroatoms. The van der Waals surface area contributed by atoms with Crippen LogP contribution in [0.3, 0.4) is 0 Å². The van der Waals surface area contributed by atoms with E-state index in [1.165, 1.54) is 0 Å². The third kappa shape index (κ3) is 2.53. The van der Waals surface area contributed by atoms with E-state index in [4.69, 9.17) is 4.74 Å². The largest absolute Gasteiger partial charge is 0.495 e. The van der Waals surface area contributed by atoms with E-state index in [0.717, 1.165) is 22.2 Å². The number of amides is 1. The number of rotatable bonds is 4. The summed E-state index contributed by atoms with van der Waals surface area (Å²) >= 11 is 0. The number of carbonyl (C=O) groups is 1. The minimum atomic E-state index is -0.113. The number of aromatic nitrogens is 2. The van der Waals surface area contributed by atoms with E-state index in [1.54, 1.807) is 19.5 Å². The third-order valence-electron chi connectivity index (χ3n) is 3.67. The molecule has 1 aromatic carbocycles. The summed E-state index contributed by atoms with van der Waals surface area (Å²) in [7, 11) is 3.50. The number of pyridine rings is 1. The highest BCUT2D eigenvalue weighted by atomic mass is 16.5. The normalized spacial score (nSPS) is 10.6. The Balaban J connectivity index is 1.87. The second-order valence-electron chi connectivity index (χ2n) is 5.02. The molecule has 22 heavy (non-hydrogen) atoms. The molecule has 0 spiro atoms. The summed E-state index contributed by atoms with van der Waals surface area (Å²) in [5.74, 6) is 0.644. The number of benzene rings is 1. The number of para-hydroxylation sites is 1. The zero-order valence-electron chi connectivity index (χ0n) is 12.5. The molecule has 0 atom stereocenters. The standard InChI is InChI=1S/C17H17N3O2/c1-20-14(10-13-4-3-5-15(22-2)16(13)20)17(21)19-11-12-6-8-18-9-7-12/h3-10H,11H2,1-2H3,(H,19,21). The number of ether oxygens (including phenoxy) is 1. The smallest absolute Gasteiger partial charge is 0.268 e. The number of aryl methyl sites for hydroxylation is 1. The van der Waals surface area contributed by atoms with Crippen LogP contribution in [0.15, 0.2) is 48.8 Å². The molecule has 0 bridgehead atoms. The fourth-order valence-corrected chi connectivity index (χ4v) is 2.54. The quantitative estimate of drug-likeness (QED) is 0.804. The van der Waals surface area contributed by atoms with Gasteiger partial charge in [-0.25, -0.2) is 0 Å². The monoisotopic (exact) mass is 295 g/mol. The maximum absolute atomic E-state index is 12.4. The zero-order valence-corrected chi connectivity index (χ0v) is 12.5. The van der Waals surface area contributed by atoms with Gasteiger partial charge in [0.2, 0.25) is 0 Å². The predicted molar refractivity (Wildman–Crippen MR) is 84.9 cm³/mol. The van der Waals surface area contributed by atoms with Crippen LogP contribution >= 0.6 is 0 Å². The van der Waals surface area contributed by atoms with E-state index >= 15 is 0 Å². The molecule has 1 N–H and O–H groups in total.